The van der Waals surface area contributed by atoms with Crippen LogP contribution in [-0.2, 0) is 0 Å². The molecular weight excluding hydrogens is 230 g/mol. The molecule has 0 aliphatic carbocycles. The highest BCUT2D eigenvalue weighted by atomic mass is 32.2. The molecule has 0 saturated heterocycles. The predicted molar refractivity (Wildman–Crippen MR) is 75.8 cm³/mol. The molecule has 0 aliphatic heterocycles. The standard InChI is InChI=1S/C13H21N3S/c1-11(10-13(14)15)16(2)8-9-17-12-6-4-3-5-7-12/h3-7,11H,8-10H2,1-2H3,(H3,14,15). The molecule has 0 aliphatic rings. The van der Waals surface area contributed by atoms with E-state index < -0.39 is 0 Å². The molecule has 0 fully saturated rings. The van der Waals surface area contributed by atoms with Gasteiger partial charge in [0.15, 0.2) is 0 Å². The molecule has 0 bridgehead atoms. The van der Waals surface area contributed by atoms with E-state index in [9.17, 15) is 0 Å². The summed E-state index contributed by atoms with van der Waals surface area (Å²) >= 11 is 1.86. The number of hydrogen-bond donors (Lipinski definition) is 2. The summed E-state index contributed by atoms with van der Waals surface area (Å²) in [5.74, 6) is 1.32. The molecule has 0 amide bonds. The Morgan fingerprint density at radius 1 is 1.41 bits per heavy atom. The summed E-state index contributed by atoms with van der Waals surface area (Å²) in [6.07, 6.45) is 0.645. The Labute approximate surface area is 108 Å². The lowest BCUT2D eigenvalue weighted by molar-refractivity contribution is 0.279. The fourth-order valence-corrected chi connectivity index (χ4v) is 2.48. The van der Waals surface area contributed by atoms with E-state index in [1.807, 2.05) is 17.8 Å². The van der Waals surface area contributed by atoms with Gasteiger partial charge in [-0.1, -0.05) is 18.2 Å². The number of rotatable bonds is 7. The lowest BCUT2D eigenvalue weighted by Gasteiger charge is -2.23. The van der Waals surface area contributed by atoms with Gasteiger partial charge in [-0.05, 0) is 26.1 Å². The normalized spacial score (nSPS) is 12.6. The van der Waals surface area contributed by atoms with Crippen molar-refractivity contribution in [3.63, 3.8) is 0 Å². The first-order chi connectivity index (χ1) is 8.09. The zero-order valence-electron chi connectivity index (χ0n) is 10.5. The Hall–Kier alpha value is -1.00. The zero-order valence-corrected chi connectivity index (χ0v) is 11.3. The minimum atomic E-state index is 0.264. The quantitative estimate of drug-likeness (QED) is 0.444. The second-order valence-corrected chi connectivity index (χ2v) is 5.39. The Bertz CT molecular complexity index is 340. The second kappa shape index (κ2) is 7.35. The van der Waals surface area contributed by atoms with Gasteiger partial charge in [0.1, 0.15) is 0 Å². The van der Waals surface area contributed by atoms with Crippen molar-refractivity contribution in [2.75, 3.05) is 19.3 Å². The van der Waals surface area contributed by atoms with Crippen molar-refractivity contribution in [2.45, 2.75) is 24.3 Å². The highest BCUT2D eigenvalue weighted by Gasteiger charge is 2.09. The van der Waals surface area contributed by atoms with Crippen LogP contribution in [0, 0.1) is 5.41 Å². The topological polar surface area (TPSA) is 53.1 Å². The smallest absolute Gasteiger partial charge is 0.0920 e. The van der Waals surface area contributed by atoms with Crippen LogP contribution in [-0.4, -0.2) is 36.1 Å². The van der Waals surface area contributed by atoms with Gasteiger partial charge in [-0.25, -0.2) is 0 Å². The minimum absolute atomic E-state index is 0.264. The van der Waals surface area contributed by atoms with Gasteiger partial charge in [0.25, 0.3) is 0 Å². The van der Waals surface area contributed by atoms with Crippen molar-refractivity contribution in [1.82, 2.24) is 4.90 Å². The number of nitrogens with one attached hydrogen (secondary N) is 1. The Morgan fingerprint density at radius 2 is 2.06 bits per heavy atom. The van der Waals surface area contributed by atoms with Gasteiger partial charge in [0.2, 0.25) is 0 Å². The van der Waals surface area contributed by atoms with Gasteiger partial charge >= 0.3 is 0 Å². The number of benzene rings is 1. The van der Waals surface area contributed by atoms with Crippen molar-refractivity contribution in [3.05, 3.63) is 30.3 Å². The lowest BCUT2D eigenvalue weighted by Crippen LogP contribution is -2.34. The summed E-state index contributed by atoms with van der Waals surface area (Å²) in [5.41, 5.74) is 5.40. The van der Waals surface area contributed by atoms with Crippen LogP contribution in [0.2, 0.25) is 0 Å². The number of thioether (sulfide) groups is 1. The molecule has 17 heavy (non-hydrogen) atoms. The first-order valence-corrected chi connectivity index (χ1v) is 6.79. The van der Waals surface area contributed by atoms with Crippen molar-refractivity contribution in [2.24, 2.45) is 5.73 Å². The van der Waals surface area contributed by atoms with Gasteiger partial charge in [-0.15, -0.1) is 11.8 Å². The lowest BCUT2D eigenvalue weighted by atomic mass is 10.2. The van der Waals surface area contributed by atoms with Crippen molar-refractivity contribution >= 4 is 17.6 Å². The molecule has 3 nitrogen and oxygen atoms in total. The van der Waals surface area contributed by atoms with Crippen LogP contribution < -0.4 is 5.73 Å². The van der Waals surface area contributed by atoms with E-state index in [1.54, 1.807) is 0 Å². The SMILES string of the molecule is CC(CC(=N)N)N(C)CCSc1ccccc1. The highest BCUT2D eigenvalue weighted by Crippen LogP contribution is 2.17. The third-order valence-electron chi connectivity index (χ3n) is 2.72. The molecule has 1 aromatic rings. The van der Waals surface area contributed by atoms with E-state index in [2.05, 4.69) is 43.1 Å². The zero-order chi connectivity index (χ0) is 12.7. The molecule has 3 N–H and O–H groups in total. The summed E-state index contributed by atoms with van der Waals surface area (Å²) in [5, 5.41) is 7.28. The van der Waals surface area contributed by atoms with E-state index >= 15 is 0 Å². The maximum atomic E-state index is 7.28. The molecule has 94 valence electrons. The van der Waals surface area contributed by atoms with E-state index in [0.717, 1.165) is 12.3 Å². The summed E-state index contributed by atoms with van der Waals surface area (Å²) in [4.78, 5) is 3.55. The minimum Gasteiger partial charge on any atom is -0.388 e. The Morgan fingerprint density at radius 3 is 2.65 bits per heavy atom. The molecule has 4 heteroatoms. The molecule has 1 rings (SSSR count). The van der Waals surface area contributed by atoms with Crippen LogP contribution in [0.1, 0.15) is 13.3 Å². The van der Waals surface area contributed by atoms with Crippen LogP contribution in [0.3, 0.4) is 0 Å². The van der Waals surface area contributed by atoms with E-state index in [1.165, 1.54) is 4.90 Å². The molecule has 0 saturated carbocycles. The van der Waals surface area contributed by atoms with Crippen molar-refractivity contribution in [1.29, 1.82) is 5.41 Å². The first kappa shape index (κ1) is 14.1. The molecule has 1 unspecified atom stereocenters. The van der Waals surface area contributed by atoms with Gasteiger partial charge in [-0.3, -0.25) is 5.41 Å². The predicted octanol–water partition coefficient (Wildman–Crippen LogP) is 2.43. The van der Waals surface area contributed by atoms with Crippen LogP contribution in [0.25, 0.3) is 0 Å². The van der Waals surface area contributed by atoms with Crippen LogP contribution in [0.4, 0.5) is 0 Å². The fraction of sp³-hybridized carbons (Fsp3) is 0.462. The van der Waals surface area contributed by atoms with Gasteiger partial charge in [0.05, 0.1) is 5.84 Å². The molecule has 0 aromatic heterocycles. The maximum absolute atomic E-state index is 7.28. The number of amidine groups is 1. The summed E-state index contributed by atoms with van der Waals surface area (Å²) in [7, 11) is 2.08. The largest absolute Gasteiger partial charge is 0.388 e. The van der Waals surface area contributed by atoms with E-state index in [4.69, 9.17) is 11.1 Å². The number of hydrogen-bond acceptors (Lipinski definition) is 3. The summed E-state index contributed by atoms with van der Waals surface area (Å²) in [6, 6.07) is 10.7. The molecule has 1 atom stereocenters. The molecule has 0 radical (unpaired) electrons. The second-order valence-electron chi connectivity index (χ2n) is 4.22. The van der Waals surface area contributed by atoms with Crippen molar-refractivity contribution < 1.29 is 0 Å². The van der Waals surface area contributed by atoms with E-state index in [-0.39, 0.29) is 5.84 Å². The Kier molecular flexibility index (Phi) is 6.08. The maximum Gasteiger partial charge on any atom is 0.0920 e. The number of nitrogens with two attached hydrogens (primary N) is 1. The highest BCUT2D eigenvalue weighted by molar-refractivity contribution is 7.99. The molecule has 0 heterocycles. The summed E-state index contributed by atoms with van der Waals surface area (Å²) < 4.78 is 0. The first-order valence-electron chi connectivity index (χ1n) is 5.80. The molecular formula is C13H21N3S. The average Bonchev–Trinajstić information content (AvgIpc) is 2.29. The van der Waals surface area contributed by atoms with Crippen molar-refractivity contribution in [3.8, 4) is 0 Å². The monoisotopic (exact) mass is 251 g/mol. The third-order valence-corrected chi connectivity index (χ3v) is 3.72. The van der Waals surface area contributed by atoms with E-state index in [0.29, 0.717) is 12.5 Å². The molecule has 0 spiro atoms. The van der Waals surface area contributed by atoms with Crippen LogP contribution >= 0.6 is 11.8 Å². The van der Waals surface area contributed by atoms with Gasteiger partial charge in [0, 0.05) is 29.7 Å². The fourth-order valence-electron chi connectivity index (χ4n) is 1.52. The molecule has 1 aromatic carbocycles. The Balaban J connectivity index is 2.24. The van der Waals surface area contributed by atoms with Crippen LogP contribution in [0.15, 0.2) is 35.2 Å². The number of nitrogens with zero attached hydrogens (tertiary/aromatic N) is 1. The van der Waals surface area contributed by atoms with Gasteiger partial charge < -0.3 is 10.6 Å². The summed E-state index contributed by atoms with van der Waals surface area (Å²) in [6.45, 7) is 3.11. The van der Waals surface area contributed by atoms with Gasteiger partial charge in [-0.2, -0.15) is 0 Å². The van der Waals surface area contributed by atoms with Crippen LogP contribution in [0.5, 0.6) is 0 Å². The average molecular weight is 251 g/mol. The third kappa shape index (κ3) is 5.75.